The van der Waals surface area contributed by atoms with Crippen molar-refractivity contribution in [2.45, 2.75) is 65.7 Å². The number of hydrogen-bond donors (Lipinski definition) is 1. The Morgan fingerprint density at radius 1 is 0.964 bits per heavy atom. The molecule has 0 radical (unpaired) electrons. The second kappa shape index (κ2) is 11.7. The summed E-state index contributed by atoms with van der Waals surface area (Å²) in [4.78, 5) is 28.9. The van der Waals surface area contributed by atoms with E-state index in [2.05, 4.69) is 43.1 Å². The van der Waals surface area contributed by atoms with Crippen molar-refractivity contribution in [1.82, 2.24) is 4.90 Å². The summed E-state index contributed by atoms with van der Waals surface area (Å²) in [6, 6.07) is 8.10. The van der Waals surface area contributed by atoms with Crippen molar-refractivity contribution < 1.29 is 9.59 Å². The van der Waals surface area contributed by atoms with Crippen LogP contribution in [0.4, 0.5) is 11.4 Å². The molecule has 0 aliphatic carbocycles. The molecule has 2 amide bonds. The molecule has 0 bridgehead atoms. The number of nitrogens with one attached hydrogen (secondary N) is 1. The second-order valence-electron chi connectivity index (χ2n) is 7.75. The first-order valence-corrected chi connectivity index (χ1v) is 11.0. The summed E-state index contributed by atoms with van der Waals surface area (Å²) in [6.07, 6.45) is 6.76. The van der Waals surface area contributed by atoms with Crippen LogP contribution in [0, 0.1) is 5.92 Å². The first kappa shape index (κ1) is 22.3. The maximum atomic E-state index is 12.5. The summed E-state index contributed by atoms with van der Waals surface area (Å²) in [5.74, 6) is 0.508. The third-order valence-corrected chi connectivity index (χ3v) is 5.65. The number of benzene rings is 1. The highest BCUT2D eigenvalue weighted by molar-refractivity contribution is 5.92. The topological polar surface area (TPSA) is 52.7 Å². The summed E-state index contributed by atoms with van der Waals surface area (Å²) in [6.45, 7) is 9.65. The SMILES string of the molecule is CCCCC(=O)N1CCN(c2ccc(NC(=O)[C@@H](CC)CCCC)cc2)CC1. The number of piperazine rings is 1. The maximum absolute atomic E-state index is 12.5. The number of hydrogen-bond acceptors (Lipinski definition) is 3. The Morgan fingerprint density at radius 2 is 1.61 bits per heavy atom. The minimum Gasteiger partial charge on any atom is -0.368 e. The van der Waals surface area contributed by atoms with Crippen molar-refractivity contribution >= 4 is 23.2 Å². The van der Waals surface area contributed by atoms with Crippen molar-refractivity contribution in [3.63, 3.8) is 0 Å². The zero-order chi connectivity index (χ0) is 20.4. The summed E-state index contributed by atoms with van der Waals surface area (Å²) in [7, 11) is 0. The summed E-state index contributed by atoms with van der Waals surface area (Å²) < 4.78 is 0. The van der Waals surface area contributed by atoms with E-state index in [1.807, 2.05) is 17.0 Å². The molecule has 1 N–H and O–H groups in total. The van der Waals surface area contributed by atoms with Gasteiger partial charge in [-0.05, 0) is 43.5 Å². The van der Waals surface area contributed by atoms with Gasteiger partial charge in [0.05, 0.1) is 0 Å². The molecule has 1 aromatic rings. The van der Waals surface area contributed by atoms with Crippen LogP contribution in [-0.4, -0.2) is 42.9 Å². The van der Waals surface area contributed by atoms with Crippen LogP contribution in [0.2, 0.25) is 0 Å². The summed E-state index contributed by atoms with van der Waals surface area (Å²) in [5.41, 5.74) is 2.01. The van der Waals surface area contributed by atoms with E-state index in [1.54, 1.807) is 0 Å². The molecule has 1 saturated heterocycles. The van der Waals surface area contributed by atoms with E-state index in [1.165, 1.54) is 0 Å². The molecule has 1 fully saturated rings. The summed E-state index contributed by atoms with van der Waals surface area (Å²) >= 11 is 0. The average molecular weight is 388 g/mol. The molecule has 1 atom stereocenters. The fourth-order valence-electron chi connectivity index (χ4n) is 3.67. The Balaban J connectivity index is 1.84. The Kier molecular flexibility index (Phi) is 9.32. The van der Waals surface area contributed by atoms with E-state index in [0.717, 1.165) is 76.1 Å². The van der Waals surface area contributed by atoms with Gasteiger partial charge in [-0.3, -0.25) is 9.59 Å². The fourth-order valence-corrected chi connectivity index (χ4v) is 3.67. The van der Waals surface area contributed by atoms with Crippen molar-refractivity contribution in [2.24, 2.45) is 5.92 Å². The first-order chi connectivity index (χ1) is 13.6. The van der Waals surface area contributed by atoms with Gasteiger partial charge in [0, 0.05) is 49.9 Å². The molecular weight excluding hydrogens is 350 g/mol. The molecule has 5 nitrogen and oxygen atoms in total. The molecule has 2 rings (SSSR count). The van der Waals surface area contributed by atoms with Crippen LogP contribution in [0.3, 0.4) is 0 Å². The number of carbonyl (C=O) groups excluding carboxylic acids is 2. The minimum atomic E-state index is 0.0953. The van der Waals surface area contributed by atoms with E-state index in [-0.39, 0.29) is 17.7 Å². The van der Waals surface area contributed by atoms with Crippen LogP contribution in [-0.2, 0) is 9.59 Å². The zero-order valence-corrected chi connectivity index (χ0v) is 17.9. The number of amides is 2. The first-order valence-electron chi connectivity index (χ1n) is 11.0. The lowest BCUT2D eigenvalue weighted by molar-refractivity contribution is -0.131. The predicted molar refractivity (Wildman–Crippen MR) is 117 cm³/mol. The summed E-state index contributed by atoms with van der Waals surface area (Å²) in [5, 5.41) is 3.06. The molecule has 0 unspecified atom stereocenters. The van der Waals surface area contributed by atoms with Crippen LogP contribution in [0.15, 0.2) is 24.3 Å². The molecular formula is C23H37N3O2. The Bertz CT molecular complexity index is 607. The van der Waals surface area contributed by atoms with Crippen molar-refractivity contribution in [3.8, 4) is 0 Å². The van der Waals surface area contributed by atoms with Gasteiger partial charge in [-0.15, -0.1) is 0 Å². The Labute approximate surface area is 170 Å². The largest absolute Gasteiger partial charge is 0.368 e. The van der Waals surface area contributed by atoms with E-state index < -0.39 is 0 Å². The molecule has 1 heterocycles. The molecule has 28 heavy (non-hydrogen) atoms. The maximum Gasteiger partial charge on any atom is 0.227 e. The van der Waals surface area contributed by atoms with Gasteiger partial charge in [-0.2, -0.15) is 0 Å². The molecule has 5 heteroatoms. The smallest absolute Gasteiger partial charge is 0.227 e. The second-order valence-corrected chi connectivity index (χ2v) is 7.75. The van der Waals surface area contributed by atoms with Crippen LogP contribution in [0.1, 0.15) is 65.7 Å². The van der Waals surface area contributed by atoms with Crippen LogP contribution in [0.5, 0.6) is 0 Å². The quantitative estimate of drug-likeness (QED) is 0.634. The Morgan fingerprint density at radius 3 is 2.18 bits per heavy atom. The van der Waals surface area contributed by atoms with Crippen LogP contribution >= 0.6 is 0 Å². The van der Waals surface area contributed by atoms with Gasteiger partial charge in [0.2, 0.25) is 11.8 Å². The van der Waals surface area contributed by atoms with Crippen molar-refractivity contribution in [1.29, 1.82) is 0 Å². The number of unbranched alkanes of at least 4 members (excludes halogenated alkanes) is 2. The predicted octanol–water partition coefficient (Wildman–Crippen LogP) is 4.68. The van der Waals surface area contributed by atoms with Gasteiger partial charge < -0.3 is 15.1 Å². The molecule has 156 valence electrons. The third kappa shape index (κ3) is 6.54. The highest BCUT2D eigenvalue weighted by atomic mass is 16.2. The monoisotopic (exact) mass is 387 g/mol. The lowest BCUT2D eigenvalue weighted by Crippen LogP contribution is -2.48. The van der Waals surface area contributed by atoms with Crippen molar-refractivity contribution in [3.05, 3.63) is 24.3 Å². The number of anilines is 2. The van der Waals surface area contributed by atoms with Gasteiger partial charge in [0.1, 0.15) is 0 Å². The van der Waals surface area contributed by atoms with Crippen LogP contribution < -0.4 is 10.2 Å². The Hall–Kier alpha value is -2.04. The standard InChI is InChI=1S/C23H37N3O2/c1-4-7-9-19(6-3)23(28)24-20-11-13-21(14-12-20)25-15-17-26(18-16-25)22(27)10-8-5-2/h11-14,19H,4-10,15-18H2,1-3H3,(H,24,28)/t19-/m0/s1. The highest BCUT2D eigenvalue weighted by Crippen LogP contribution is 2.21. The van der Waals surface area contributed by atoms with Gasteiger partial charge >= 0.3 is 0 Å². The van der Waals surface area contributed by atoms with Crippen LogP contribution in [0.25, 0.3) is 0 Å². The molecule has 0 saturated carbocycles. The molecule has 1 aliphatic rings. The number of rotatable bonds is 10. The lowest BCUT2D eigenvalue weighted by Gasteiger charge is -2.36. The zero-order valence-electron chi connectivity index (χ0n) is 17.9. The third-order valence-electron chi connectivity index (χ3n) is 5.65. The number of nitrogens with zero attached hydrogens (tertiary/aromatic N) is 2. The van der Waals surface area contributed by atoms with E-state index >= 15 is 0 Å². The highest BCUT2D eigenvalue weighted by Gasteiger charge is 2.21. The van der Waals surface area contributed by atoms with Gasteiger partial charge in [0.15, 0.2) is 0 Å². The molecule has 0 spiro atoms. The van der Waals surface area contributed by atoms with Gasteiger partial charge in [-0.25, -0.2) is 0 Å². The average Bonchev–Trinajstić information content (AvgIpc) is 2.73. The minimum absolute atomic E-state index is 0.0953. The van der Waals surface area contributed by atoms with E-state index in [9.17, 15) is 9.59 Å². The fraction of sp³-hybridized carbons (Fsp3) is 0.652. The van der Waals surface area contributed by atoms with E-state index in [4.69, 9.17) is 0 Å². The molecule has 1 aromatic carbocycles. The molecule has 1 aliphatic heterocycles. The normalized spacial score (nSPS) is 15.4. The van der Waals surface area contributed by atoms with Crippen molar-refractivity contribution in [2.75, 3.05) is 36.4 Å². The number of carbonyl (C=O) groups is 2. The molecule has 0 aromatic heterocycles. The van der Waals surface area contributed by atoms with Gasteiger partial charge in [0.25, 0.3) is 0 Å². The lowest BCUT2D eigenvalue weighted by atomic mass is 9.98. The van der Waals surface area contributed by atoms with E-state index in [0.29, 0.717) is 6.42 Å². The van der Waals surface area contributed by atoms with Gasteiger partial charge in [-0.1, -0.05) is 40.0 Å².